The van der Waals surface area contributed by atoms with E-state index in [2.05, 4.69) is 0 Å². The molecular weight excluding hydrogens is 364 g/mol. The summed E-state index contributed by atoms with van der Waals surface area (Å²) in [6.45, 7) is 2.53. The molecule has 144 valence electrons. The summed E-state index contributed by atoms with van der Waals surface area (Å²) in [5, 5.41) is 11.3. The third-order valence-electron chi connectivity index (χ3n) is 3.94. The Kier molecular flexibility index (Phi) is 6.92. The van der Waals surface area contributed by atoms with Crippen LogP contribution >= 0.6 is 0 Å². The van der Waals surface area contributed by atoms with Crippen molar-refractivity contribution < 1.29 is 27.6 Å². The van der Waals surface area contributed by atoms with Gasteiger partial charge in [0.2, 0.25) is 10.0 Å². The predicted molar refractivity (Wildman–Crippen MR) is 92.5 cm³/mol. The van der Waals surface area contributed by atoms with Crippen LogP contribution in [0, 0.1) is 10.1 Å². The maximum absolute atomic E-state index is 12.5. The number of rotatable bonds is 9. The summed E-state index contributed by atoms with van der Waals surface area (Å²) in [6, 6.07) is 3.41. The molecule has 26 heavy (non-hydrogen) atoms. The lowest BCUT2D eigenvalue weighted by molar-refractivity contribution is -0.386. The summed E-state index contributed by atoms with van der Waals surface area (Å²) < 4.78 is 36.4. The monoisotopic (exact) mass is 386 g/mol. The molecule has 0 saturated carbocycles. The summed E-state index contributed by atoms with van der Waals surface area (Å²) in [6.07, 6.45) is 3.12. The Balaban J connectivity index is 2.13. The van der Waals surface area contributed by atoms with E-state index in [1.54, 1.807) is 0 Å². The number of carbonyl (C=O) groups excluding carboxylic acids is 1. The van der Waals surface area contributed by atoms with E-state index in [-0.39, 0.29) is 17.3 Å². The molecule has 2 rings (SSSR count). The van der Waals surface area contributed by atoms with Crippen LogP contribution in [0.1, 0.15) is 32.6 Å². The third kappa shape index (κ3) is 4.92. The maximum atomic E-state index is 12.5. The van der Waals surface area contributed by atoms with Gasteiger partial charge in [-0.2, -0.15) is 4.31 Å². The number of nitro benzene ring substituents is 1. The van der Waals surface area contributed by atoms with Crippen molar-refractivity contribution >= 4 is 21.7 Å². The lowest BCUT2D eigenvalue weighted by Crippen LogP contribution is -2.27. The van der Waals surface area contributed by atoms with Crippen molar-refractivity contribution in [2.45, 2.75) is 37.5 Å². The number of hydrogen-bond acceptors (Lipinski definition) is 7. The van der Waals surface area contributed by atoms with Crippen LogP contribution in [0.25, 0.3) is 0 Å². The maximum Gasteiger partial charge on any atom is 0.344 e. The molecule has 0 amide bonds. The first-order valence-electron chi connectivity index (χ1n) is 8.43. The van der Waals surface area contributed by atoms with Gasteiger partial charge >= 0.3 is 11.7 Å². The molecule has 0 bridgehead atoms. The molecule has 1 aromatic rings. The van der Waals surface area contributed by atoms with Gasteiger partial charge in [0.05, 0.1) is 16.4 Å². The van der Waals surface area contributed by atoms with Crippen molar-refractivity contribution in [1.29, 1.82) is 0 Å². The van der Waals surface area contributed by atoms with Crippen LogP contribution in [-0.2, 0) is 19.6 Å². The molecule has 0 aliphatic carbocycles. The number of sulfonamides is 1. The number of esters is 1. The average Bonchev–Trinajstić information content (AvgIpc) is 3.15. The lowest BCUT2D eigenvalue weighted by atomic mass is 10.3. The first kappa shape index (κ1) is 20.1. The van der Waals surface area contributed by atoms with E-state index >= 15 is 0 Å². The Bertz CT molecular complexity index is 758. The van der Waals surface area contributed by atoms with Gasteiger partial charge in [-0.25, -0.2) is 13.2 Å². The Morgan fingerprint density at radius 3 is 2.62 bits per heavy atom. The number of nitro groups is 1. The van der Waals surface area contributed by atoms with E-state index in [0.717, 1.165) is 31.7 Å². The number of ether oxygens (including phenoxy) is 2. The fraction of sp³-hybridized carbons (Fsp3) is 0.562. The van der Waals surface area contributed by atoms with E-state index in [9.17, 15) is 23.3 Å². The van der Waals surface area contributed by atoms with Crippen molar-refractivity contribution in [2.24, 2.45) is 0 Å². The minimum atomic E-state index is -3.78. The van der Waals surface area contributed by atoms with Gasteiger partial charge in [-0.1, -0.05) is 13.3 Å². The second-order valence-corrected chi connectivity index (χ2v) is 7.80. The molecule has 0 radical (unpaired) electrons. The van der Waals surface area contributed by atoms with Gasteiger partial charge in [0.15, 0.2) is 12.4 Å². The summed E-state index contributed by atoms with van der Waals surface area (Å²) >= 11 is 0. The third-order valence-corrected chi connectivity index (χ3v) is 5.83. The van der Waals surface area contributed by atoms with E-state index in [0.29, 0.717) is 13.1 Å². The van der Waals surface area contributed by atoms with E-state index < -0.39 is 33.2 Å². The fourth-order valence-electron chi connectivity index (χ4n) is 2.51. The largest absolute Gasteiger partial charge is 0.475 e. The molecule has 0 spiro atoms. The zero-order valence-corrected chi connectivity index (χ0v) is 15.4. The average molecular weight is 386 g/mol. The van der Waals surface area contributed by atoms with Gasteiger partial charge in [-0.15, -0.1) is 0 Å². The summed E-state index contributed by atoms with van der Waals surface area (Å²) in [7, 11) is -3.78. The molecule has 1 aliphatic rings. The number of hydrogen-bond donors (Lipinski definition) is 0. The molecule has 10 heteroatoms. The summed E-state index contributed by atoms with van der Waals surface area (Å²) in [5.41, 5.74) is -0.508. The second kappa shape index (κ2) is 8.95. The van der Waals surface area contributed by atoms with Crippen molar-refractivity contribution in [3.05, 3.63) is 28.3 Å². The van der Waals surface area contributed by atoms with Crippen LogP contribution in [0.4, 0.5) is 5.69 Å². The molecular formula is C16H22N2O7S. The SMILES string of the molecule is CCCCOC(=O)COc1ccc(S(=O)(=O)N2CCCC2)cc1[N+](=O)[O-]. The zero-order valence-electron chi connectivity index (χ0n) is 14.5. The van der Waals surface area contributed by atoms with Crippen molar-refractivity contribution in [1.82, 2.24) is 4.31 Å². The highest BCUT2D eigenvalue weighted by Gasteiger charge is 2.30. The summed E-state index contributed by atoms with van der Waals surface area (Å²) in [5.74, 6) is -0.815. The number of benzene rings is 1. The van der Waals surface area contributed by atoms with Crippen molar-refractivity contribution in [2.75, 3.05) is 26.3 Å². The minimum Gasteiger partial charge on any atom is -0.475 e. The minimum absolute atomic E-state index is 0.163. The van der Waals surface area contributed by atoms with Crippen LogP contribution in [0.5, 0.6) is 5.75 Å². The highest BCUT2D eigenvalue weighted by molar-refractivity contribution is 7.89. The van der Waals surface area contributed by atoms with Crippen molar-refractivity contribution in [3.8, 4) is 5.75 Å². The van der Waals surface area contributed by atoms with E-state index in [1.165, 1.54) is 16.4 Å². The van der Waals surface area contributed by atoms with Gasteiger partial charge in [-0.05, 0) is 31.4 Å². The van der Waals surface area contributed by atoms with Gasteiger partial charge in [0, 0.05) is 19.2 Å². The van der Waals surface area contributed by atoms with Crippen LogP contribution in [0.2, 0.25) is 0 Å². The molecule has 1 aromatic carbocycles. The van der Waals surface area contributed by atoms with E-state index in [4.69, 9.17) is 9.47 Å². The lowest BCUT2D eigenvalue weighted by Gasteiger charge is -2.15. The smallest absolute Gasteiger partial charge is 0.344 e. The Hall–Kier alpha value is -2.20. The molecule has 1 saturated heterocycles. The van der Waals surface area contributed by atoms with Crippen LogP contribution in [0.3, 0.4) is 0 Å². The van der Waals surface area contributed by atoms with E-state index in [1.807, 2.05) is 6.92 Å². The molecule has 1 fully saturated rings. The topological polar surface area (TPSA) is 116 Å². The van der Waals surface area contributed by atoms with Gasteiger partial charge < -0.3 is 9.47 Å². The van der Waals surface area contributed by atoms with Crippen LogP contribution in [0.15, 0.2) is 23.1 Å². The highest BCUT2D eigenvalue weighted by Crippen LogP contribution is 2.31. The normalized spacial score (nSPS) is 15.0. The molecule has 1 heterocycles. The van der Waals surface area contributed by atoms with Crippen LogP contribution in [-0.4, -0.2) is 49.9 Å². The number of nitrogens with zero attached hydrogens (tertiary/aromatic N) is 2. The number of unbranched alkanes of at least 4 members (excludes halogenated alkanes) is 1. The van der Waals surface area contributed by atoms with Crippen LogP contribution < -0.4 is 4.74 Å². The Morgan fingerprint density at radius 1 is 1.31 bits per heavy atom. The molecule has 0 unspecified atom stereocenters. The first-order chi connectivity index (χ1) is 12.4. The highest BCUT2D eigenvalue weighted by atomic mass is 32.2. The molecule has 0 atom stereocenters. The zero-order chi connectivity index (χ0) is 19.2. The number of carbonyl (C=O) groups is 1. The Morgan fingerprint density at radius 2 is 2.00 bits per heavy atom. The summed E-state index contributed by atoms with van der Waals surface area (Å²) in [4.78, 5) is 21.9. The fourth-order valence-corrected chi connectivity index (χ4v) is 4.05. The first-order valence-corrected chi connectivity index (χ1v) is 9.87. The Labute approximate surface area is 152 Å². The van der Waals surface area contributed by atoms with Gasteiger partial charge in [0.25, 0.3) is 0 Å². The predicted octanol–water partition coefficient (Wildman–Crippen LogP) is 2.10. The van der Waals surface area contributed by atoms with Gasteiger partial charge in [-0.3, -0.25) is 10.1 Å². The molecule has 0 aromatic heterocycles. The standard InChI is InChI=1S/C16H22N2O7S/c1-2-3-10-24-16(19)12-25-15-7-6-13(11-14(15)18(20)21)26(22,23)17-8-4-5-9-17/h6-7,11H,2-5,8-10,12H2,1H3. The second-order valence-electron chi connectivity index (χ2n) is 5.86. The van der Waals surface area contributed by atoms with Gasteiger partial charge in [0.1, 0.15) is 0 Å². The van der Waals surface area contributed by atoms with Crippen molar-refractivity contribution in [3.63, 3.8) is 0 Å². The molecule has 9 nitrogen and oxygen atoms in total. The quantitative estimate of drug-likeness (QED) is 0.276. The molecule has 0 N–H and O–H groups in total. The molecule has 1 aliphatic heterocycles.